The highest BCUT2D eigenvalue weighted by molar-refractivity contribution is 6.35. The SMILES string of the molecule is COc1cc(OC)c2c(c1Cl)O[C@@]1(C2=O)C2=C(C[C@](O)(c3ccccc3)CCC2)C(=O)C[C@H]1C. The number of halogens is 1. The van der Waals surface area contributed by atoms with E-state index < -0.39 is 17.1 Å². The summed E-state index contributed by atoms with van der Waals surface area (Å²) in [7, 11) is 2.96. The van der Waals surface area contributed by atoms with Crippen LogP contribution in [0.25, 0.3) is 0 Å². The van der Waals surface area contributed by atoms with Crippen LogP contribution in [0.3, 0.4) is 0 Å². The van der Waals surface area contributed by atoms with Gasteiger partial charge < -0.3 is 19.3 Å². The second-order valence-corrected chi connectivity index (χ2v) is 9.76. The van der Waals surface area contributed by atoms with Crippen LogP contribution in [0, 0.1) is 5.92 Å². The minimum Gasteiger partial charge on any atom is -0.496 e. The molecule has 1 aliphatic heterocycles. The van der Waals surface area contributed by atoms with E-state index in [0.29, 0.717) is 41.9 Å². The monoisotopic (exact) mass is 482 g/mol. The molecule has 2 aromatic rings. The van der Waals surface area contributed by atoms with Crippen LogP contribution in [0.1, 0.15) is 54.9 Å². The smallest absolute Gasteiger partial charge is 0.218 e. The van der Waals surface area contributed by atoms with Gasteiger partial charge in [0.2, 0.25) is 5.78 Å². The predicted molar refractivity (Wildman–Crippen MR) is 127 cm³/mol. The number of carbonyl (C=O) groups is 2. The molecule has 178 valence electrons. The van der Waals surface area contributed by atoms with Crippen molar-refractivity contribution in [3.05, 3.63) is 63.7 Å². The number of ketones is 2. The first kappa shape index (κ1) is 22.9. The van der Waals surface area contributed by atoms with E-state index in [4.69, 9.17) is 25.8 Å². The van der Waals surface area contributed by atoms with Gasteiger partial charge in [0.1, 0.15) is 22.1 Å². The average molecular weight is 483 g/mol. The Bertz CT molecular complexity index is 1220. The molecule has 1 heterocycles. The summed E-state index contributed by atoms with van der Waals surface area (Å²) >= 11 is 6.58. The van der Waals surface area contributed by atoms with Gasteiger partial charge in [-0.3, -0.25) is 9.59 Å². The van der Waals surface area contributed by atoms with Gasteiger partial charge in [-0.1, -0.05) is 48.9 Å². The fourth-order valence-electron chi connectivity index (χ4n) is 5.83. The highest BCUT2D eigenvalue weighted by Gasteiger charge is 2.60. The molecular weight excluding hydrogens is 456 g/mol. The zero-order valence-corrected chi connectivity index (χ0v) is 20.2. The summed E-state index contributed by atoms with van der Waals surface area (Å²) in [6, 6.07) is 11.0. The van der Waals surface area contributed by atoms with Gasteiger partial charge in [0.25, 0.3) is 0 Å². The largest absolute Gasteiger partial charge is 0.496 e. The Labute approximate surface area is 203 Å². The molecule has 0 radical (unpaired) electrons. The highest BCUT2D eigenvalue weighted by atomic mass is 35.5. The average Bonchev–Trinajstić information content (AvgIpc) is 3.02. The highest BCUT2D eigenvalue weighted by Crippen LogP contribution is 2.57. The second kappa shape index (κ2) is 8.14. The number of ether oxygens (including phenoxy) is 3. The molecule has 1 N–H and O–H groups in total. The third kappa shape index (κ3) is 3.12. The Morgan fingerprint density at radius 3 is 2.50 bits per heavy atom. The predicted octanol–water partition coefficient (Wildman–Crippen LogP) is 5.04. The van der Waals surface area contributed by atoms with Gasteiger partial charge >= 0.3 is 0 Å². The van der Waals surface area contributed by atoms with Crippen molar-refractivity contribution in [2.24, 2.45) is 5.92 Å². The van der Waals surface area contributed by atoms with Crippen LogP contribution in [-0.2, 0) is 10.4 Å². The number of methoxy groups -OCH3 is 2. The van der Waals surface area contributed by atoms with Crippen molar-refractivity contribution in [1.82, 2.24) is 0 Å². The van der Waals surface area contributed by atoms with E-state index in [0.717, 1.165) is 5.56 Å². The van der Waals surface area contributed by atoms with E-state index in [-0.39, 0.29) is 40.7 Å². The van der Waals surface area contributed by atoms with Crippen molar-refractivity contribution in [3.63, 3.8) is 0 Å². The van der Waals surface area contributed by atoms with E-state index in [1.54, 1.807) is 6.07 Å². The molecule has 2 aliphatic carbocycles. The molecule has 34 heavy (non-hydrogen) atoms. The molecule has 6 nitrogen and oxygen atoms in total. The molecule has 2 aromatic carbocycles. The van der Waals surface area contributed by atoms with Crippen LogP contribution < -0.4 is 14.2 Å². The van der Waals surface area contributed by atoms with Gasteiger partial charge in [-0.15, -0.1) is 0 Å². The molecule has 0 bridgehead atoms. The maximum absolute atomic E-state index is 14.1. The summed E-state index contributed by atoms with van der Waals surface area (Å²) in [4.78, 5) is 27.4. The number of hydrogen-bond donors (Lipinski definition) is 1. The van der Waals surface area contributed by atoms with Gasteiger partial charge in [-0.05, 0) is 30.4 Å². The van der Waals surface area contributed by atoms with Crippen LogP contribution in [0.5, 0.6) is 17.2 Å². The number of benzene rings is 2. The number of aliphatic hydroxyl groups is 1. The van der Waals surface area contributed by atoms with Crippen molar-refractivity contribution in [2.75, 3.05) is 14.2 Å². The van der Waals surface area contributed by atoms with Crippen molar-refractivity contribution in [1.29, 1.82) is 0 Å². The van der Waals surface area contributed by atoms with E-state index in [2.05, 4.69) is 0 Å². The van der Waals surface area contributed by atoms with E-state index in [1.807, 2.05) is 37.3 Å². The molecule has 5 rings (SSSR count). The lowest BCUT2D eigenvalue weighted by molar-refractivity contribution is -0.119. The van der Waals surface area contributed by atoms with Crippen molar-refractivity contribution in [3.8, 4) is 17.2 Å². The maximum Gasteiger partial charge on any atom is 0.218 e. The van der Waals surface area contributed by atoms with Crippen molar-refractivity contribution in [2.45, 2.75) is 50.2 Å². The molecule has 0 fully saturated rings. The van der Waals surface area contributed by atoms with Crippen LogP contribution in [-0.4, -0.2) is 36.5 Å². The normalized spacial score (nSPS) is 28.3. The number of fused-ring (bicyclic) bond motifs is 2. The van der Waals surface area contributed by atoms with Crippen molar-refractivity contribution >= 4 is 23.2 Å². The van der Waals surface area contributed by atoms with Crippen molar-refractivity contribution < 1.29 is 28.9 Å². The van der Waals surface area contributed by atoms with E-state index in [1.165, 1.54) is 14.2 Å². The lowest BCUT2D eigenvalue weighted by atomic mass is 9.67. The molecule has 1 spiro atoms. The third-order valence-electron chi connectivity index (χ3n) is 7.55. The van der Waals surface area contributed by atoms with Gasteiger partial charge in [0.05, 0.1) is 19.8 Å². The number of Topliss-reactive ketones (excluding diaryl/α,β-unsaturated/α-hetero) is 2. The summed E-state index contributed by atoms with van der Waals surface area (Å²) < 4.78 is 17.4. The first-order valence-electron chi connectivity index (χ1n) is 11.5. The van der Waals surface area contributed by atoms with Gasteiger partial charge in [0, 0.05) is 30.4 Å². The van der Waals surface area contributed by atoms with Crippen LogP contribution in [0.2, 0.25) is 5.02 Å². The summed E-state index contributed by atoms with van der Waals surface area (Å²) in [5.41, 5.74) is -0.379. The topological polar surface area (TPSA) is 82.1 Å². The molecule has 0 aromatic heterocycles. The summed E-state index contributed by atoms with van der Waals surface area (Å²) in [5, 5.41) is 11.8. The Kier molecular flexibility index (Phi) is 5.49. The van der Waals surface area contributed by atoms with E-state index in [9.17, 15) is 14.7 Å². The Morgan fingerprint density at radius 2 is 1.82 bits per heavy atom. The summed E-state index contributed by atoms with van der Waals surface area (Å²) in [6.45, 7) is 1.86. The molecule has 3 aliphatic rings. The second-order valence-electron chi connectivity index (χ2n) is 9.38. The molecule has 0 amide bonds. The Hall–Kier alpha value is -2.83. The first-order valence-corrected chi connectivity index (χ1v) is 11.9. The molecule has 7 heteroatoms. The fraction of sp³-hybridized carbons (Fsp3) is 0.407. The summed E-state index contributed by atoms with van der Waals surface area (Å²) in [6.07, 6.45) is 1.83. The van der Waals surface area contributed by atoms with E-state index >= 15 is 0 Å². The number of hydrogen-bond acceptors (Lipinski definition) is 6. The first-order chi connectivity index (χ1) is 16.3. The maximum atomic E-state index is 14.1. The Balaban J connectivity index is 1.68. The third-order valence-corrected chi connectivity index (χ3v) is 7.91. The minimum absolute atomic E-state index is 0.0487. The molecule has 0 saturated heterocycles. The Morgan fingerprint density at radius 1 is 1.12 bits per heavy atom. The lowest BCUT2D eigenvalue weighted by Crippen LogP contribution is -2.52. The lowest BCUT2D eigenvalue weighted by Gasteiger charge is -2.40. The standard InChI is InChI=1S/C27H27ClO6/c1-15-12-19(29)17-14-26(31,16-8-5-4-6-9-16)11-7-10-18(17)27(15)25(30)22-20(32-2)13-21(33-3)23(28)24(22)34-27/h4-6,8-9,13,15,31H,7,10-12,14H2,1-3H3/t15-,26+,27-/m1/s1. The number of carbonyl (C=O) groups excluding carboxylic acids is 2. The number of rotatable bonds is 3. The summed E-state index contributed by atoms with van der Waals surface area (Å²) in [5.74, 6) is 0.162. The zero-order chi connectivity index (χ0) is 24.3. The molecular formula is C27H27ClO6. The van der Waals surface area contributed by atoms with Crippen LogP contribution in [0.15, 0.2) is 47.5 Å². The fourth-order valence-corrected chi connectivity index (χ4v) is 6.10. The minimum atomic E-state index is -1.36. The van der Waals surface area contributed by atoms with Crippen LogP contribution in [0.4, 0.5) is 0 Å². The van der Waals surface area contributed by atoms with Gasteiger partial charge in [-0.2, -0.15) is 0 Å². The van der Waals surface area contributed by atoms with Gasteiger partial charge in [-0.25, -0.2) is 0 Å². The molecule has 3 atom stereocenters. The van der Waals surface area contributed by atoms with Crippen LogP contribution >= 0.6 is 11.6 Å². The molecule has 0 unspecified atom stereocenters. The zero-order valence-electron chi connectivity index (χ0n) is 19.4. The van der Waals surface area contributed by atoms with Gasteiger partial charge in [0.15, 0.2) is 17.1 Å². The quantitative estimate of drug-likeness (QED) is 0.660. The molecule has 0 saturated carbocycles.